The standard InChI is InChI=1S/C24H20BrN3O3/c1-2-15-8-9-20-18(12-15)24(19-13-17(25)14-26-22(19)31-20)10-11-30-23(28-24)27-21(29)16-6-4-3-5-7-16/h3-9,12-14H,2,10-11H2,1H3,(H,27,28,29). The summed E-state index contributed by atoms with van der Waals surface area (Å²) >= 11 is 3.53. The number of nitrogens with one attached hydrogen (secondary N) is 1. The molecule has 1 unspecified atom stereocenters. The summed E-state index contributed by atoms with van der Waals surface area (Å²) in [4.78, 5) is 22.1. The molecule has 0 fully saturated rings. The lowest BCUT2D eigenvalue weighted by molar-refractivity contribution is 0.0959. The lowest BCUT2D eigenvalue weighted by atomic mass is 9.78. The number of amidine groups is 1. The second-order valence-electron chi connectivity index (χ2n) is 7.49. The fourth-order valence-electron chi connectivity index (χ4n) is 4.03. The van der Waals surface area contributed by atoms with Crippen molar-refractivity contribution in [3.05, 3.63) is 87.5 Å². The van der Waals surface area contributed by atoms with E-state index in [0.717, 1.165) is 27.8 Å². The summed E-state index contributed by atoms with van der Waals surface area (Å²) in [6.07, 6.45) is 3.20. The Morgan fingerprint density at radius 3 is 2.81 bits per heavy atom. The Balaban J connectivity index is 1.64. The molecule has 1 N–H and O–H groups in total. The molecule has 1 aromatic heterocycles. The molecule has 3 heterocycles. The summed E-state index contributed by atoms with van der Waals surface area (Å²) < 4.78 is 12.7. The van der Waals surface area contributed by atoms with Crippen molar-refractivity contribution in [2.24, 2.45) is 4.99 Å². The molecule has 7 heteroatoms. The van der Waals surface area contributed by atoms with Crippen LogP contribution in [0.3, 0.4) is 0 Å². The highest BCUT2D eigenvalue weighted by Gasteiger charge is 2.46. The summed E-state index contributed by atoms with van der Waals surface area (Å²) in [6.45, 7) is 2.51. The van der Waals surface area contributed by atoms with Crippen molar-refractivity contribution in [1.29, 1.82) is 0 Å². The minimum absolute atomic E-state index is 0.195. The molecular formula is C24H20BrN3O3. The van der Waals surface area contributed by atoms with Crippen molar-refractivity contribution in [3.63, 3.8) is 0 Å². The normalized spacial score (nSPS) is 18.8. The van der Waals surface area contributed by atoms with Crippen molar-refractivity contribution >= 4 is 27.9 Å². The van der Waals surface area contributed by atoms with Gasteiger partial charge in [0.1, 0.15) is 11.3 Å². The van der Waals surface area contributed by atoms with Crippen LogP contribution < -0.4 is 10.1 Å². The third-order valence-corrected chi connectivity index (χ3v) is 6.05. The Hall–Kier alpha value is -3.19. The maximum atomic E-state index is 12.7. The molecule has 2 aromatic carbocycles. The van der Waals surface area contributed by atoms with Gasteiger partial charge in [0.25, 0.3) is 11.9 Å². The van der Waals surface area contributed by atoms with E-state index in [9.17, 15) is 4.79 Å². The maximum absolute atomic E-state index is 12.7. The molecule has 0 aliphatic carbocycles. The summed E-state index contributed by atoms with van der Waals surface area (Å²) in [5.74, 6) is 0.969. The molecule has 6 nitrogen and oxygen atoms in total. The molecule has 0 saturated carbocycles. The lowest BCUT2D eigenvalue weighted by Crippen LogP contribution is -2.42. The van der Waals surface area contributed by atoms with Crippen LogP contribution in [0.2, 0.25) is 0 Å². The number of benzene rings is 2. The summed E-state index contributed by atoms with van der Waals surface area (Å²) in [5, 5.41) is 2.83. The van der Waals surface area contributed by atoms with E-state index >= 15 is 0 Å². The highest BCUT2D eigenvalue weighted by Crippen LogP contribution is 2.51. The van der Waals surface area contributed by atoms with Crippen LogP contribution in [-0.4, -0.2) is 23.5 Å². The molecule has 2 aliphatic heterocycles. The number of fused-ring (bicyclic) bond motifs is 4. The number of aryl methyl sites for hydroxylation is 1. The molecule has 31 heavy (non-hydrogen) atoms. The van der Waals surface area contributed by atoms with Gasteiger partial charge in [0.15, 0.2) is 0 Å². The van der Waals surface area contributed by atoms with E-state index in [1.165, 1.54) is 5.56 Å². The number of aromatic nitrogens is 1. The fraction of sp³-hybridized carbons (Fsp3) is 0.208. The Morgan fingerprint density at radius 2 is 2.00 bits per heavy atom. The minimum Gasteiger partial charge on any atom is -0.465 e. The van der Waals surface area contributed by atoms with Gasteiger partial charge < -0.3 is 9.47 Å². The third-order valence-electron chi connectivity index (χ3n) is 5.62. The maximum Gasteiger partial charge on any atom is 0.292 e. The number of aliphatic imine (C=N–C) groups is 1. The summed E-state index contributed by atoms with van der Waals surface area (Å²) in [6, 6.07) is 17.3. The Bertz CT molecular complexity index is 1200. The molecule has 0 radical (unpaired) electrons. The smallest absolute Gasteiger partial charge is 0.292 e. The van der Waals surface area contributed by atoms with E-state index < -0.39 is 5.54 Å². The van der Waals surface area contributed by atoms with Crippen molar-refractivity contribution in [3.8, 4) is 11.6 Å². The number of halogens is 1. The van der Waals surface area contributed by atoms with Gasteiger partial charge in [-0.25, -0.2) is 9.98 Å². The van der Waals surface area contributed by atoms with Crippen LogP contribution in [0.15, 0.2) is 70.3 Å². The van der Waals surface area contributed by atoms with Crippen LogP contribution in [0, 0.1) is 0 Å². The van der Waals surface area contributed by atoms with Crippen molar-refractivity contribution < 1.29 is 14.3 Å². The molecule has 3 aromatic rings. The van der Waals surface area contributed by atoms with E-state index in [1.807, 2.05) is 30.3 Å². The van der Waals surface area contributed by atoms with Gasteiger partial charge in [-0.15, -0.1) is 0 Å². The van der Waals surface area contributed by atoms with Crippen molar-refractivity contribution in [1.82, 2.24) is 10.3 Å². The van der Waals surface area contributed by atoms with Crippen LogP contribution in [0.4, 0.5) is 0 Å². The first-order valence-corrected chi connectivity index (χ1v) is 10.9. The van der Waals surface area contributed by atoms with E-state index in [2.05, 4.69) is 45.3 Å². The molecule has 1 atom stereocenters. The molecular weight excluding hydrogens is 458 g/mol. The SMILES string of the molecule is CCc1ccc2c(c1)C1(CCOC(NC(=O)c3ccccc3)=N1)c1cc(Br)cnc1O2. The van der Waals surface area contributed by atoms with Gasteiger partial charge in [0.2, 0.25) is 5.88 Å². The molecule has 0 saturated heterocycles. The predicted octanol–water partition coefficient (Wildman–Crippen LogP) is 4.96. The van der Waals surface area contributed by atoms with Crippen LogP contribution in [0.1, 0.15) is 40.4 Å². The number of rotatable bonds is 2. The van der Waals surface area contributed by atoms with Crippen molar-refractivity contribution in [2.75, 3.05) is 6.61 Å². The van der Waals surface area contributed by atoms with Gasteiger partial charge >= 0.3 is 0 Å². The van der Waals surface area contributed by atoms with E-state index in [-0.39, 0.29) is 11.9 Å². The third kappa shape index (κ3) is 3.49. The van der Waals surface area contributed by atoms with Gasteiger partial charge in [0.05, 0.1) is 6.61 Å². The second kappa shape index (κ2) is 7.81. The molecule has 156 valence electrons. The zero-order valence-corrected chi connectivity index (χ0v) is 18.5. The number of ether oxygens (including phenoxy) is 2. The zero-order valence-electron chi connectivity index (χ0n) is 16.9. The number of carbonyl (C=O) groups is 1. The molecule has 2 aliphatic rings. The van der Waals surface area contributed by atoms with Crippen LogP contribution in [-0.2, 0) is 16.7 Å². The average molecular weight is 478 g/mol. The van der Waals surface area contributed by atoms with Crippen molar-refractivity contribution in [2.45, 2.75) is 25.3 Å². The van der Waals surface area contributed by atoms with E-state index in [0.29, 0.717) is 24.5 Å². The highest BCUT2D eigenvalue weighted by atomic mass is 79.9. The second-order valence-corrected chi connectivity index (χ2v) is 8.40. The Morgan fingerprint density at radius 1 is 1.16 bits per heavy atom. The quantitative estimate of drug-likeness (QED) is 0.565. The van der Waals surface area contributed by atoms with E-state index in [1.54, 1.807) is 18.3 Å². The van der Waals surface area contributed by atoms with Crippen LogP contribution in [0.5, 0.6) is 11.6 Å². The van der Waals surface area contributed by atoms with Gasteiger partial charge in [0, 0.05) is 33.8 Å². The predicted molar refractivity (Wildman–Crippen MR) is 121 cm³/mol. The van der Waals surface area contributed by atoms with E-state index in [4.69, 9.17) is 14.5 Å². The number of amides is 1. The molecule has 1 amide bonds. The largest absolute Gasteiger partial charge is 0.465 e. The average Bonchev–Trinajstić information content (AvgIpc) is 2.80. The Labute approximate surface area is 188 Å². The van der Waals surface area contributed by atoms with Crippen LogP contribution >= 0.6 is 15.9 Å². The first-order chi connectivity index (χ1) is 15.1. The zero-order chi connectivity index (χ0) is 21.4. The molecule has 5 rings (SSSR count). The lowest BCUT2D eigenvalue weighted by Gasteiger charge is -2.39. The van der Waals surface area contributed by atoms with Gasteiger partial charge in [-0.3, -0.25) is 10.1 Å². The number of hydrogen-bond donors (Lipinski definition) is 1. The monoisotopic (exact) mass is 477 g/mol. The first-order valence-electron chi connectivity index (χ1n) is 10.2. The van der Waals surface area contributed by atoms with Gasteiger partial charge in [-0.2, -0.15) is 0 Å². The number of hydrogen-bond acceptors (Lipinski definition) is 5. The topological polar surface area (TPSA) is 72.8 Å². The molecule has 1 spiro atoms. The number of pyridine rings is 1. The fourth-order valence-corrected chi connectivity index (χ4v) is 4.36. The minimum atomic E-state index is -0.761. The highest BCUT2D eigenvalue weighted by molar-refractivity contribution is 9.10. The number of nitrogens with zero attached hydrogens (tertiary/aromatic N) is 2. The van der Waals surface area contributed by atoms with Crippen LogP contribution in [0.25, 0.3) is 0 Å². The number of carbonyl (C=O) groups excluding carboxylic acids is 1. The first kappa shape index (κ1) is 19.8. The van der Waals surface area contributed by atoms with Gasteiger partial charge in [-0.1, -0.05) is 31.2 Å². The Kier molecular flexibility index (Phi) is 4.98. The summed E-state index contributed by atoms with van der Waals surface area (Å²) in [7, 11) is 0. The summed E-state index contributed by atoms with van der Waals surface area (Å²) in [5.41, 5.74) is 2.76. The molecule has 0 bridgehead atoms. The van der Waals surface area contributed by atoms with Gasteiger partial charge in [-0.05, 0) is 58.2 Å².